The van der Waals surface area contributed by atoms with Gasteiger partial charge in [-0.1, -0.05) is 158 Å². The molecule has 11 aromatic rings. The number of pyridine rings is 1. The largest absolute Gasteiger partial charge is 0.293 e. The SMILES string of the molecule is Cc1c(-n2c3ccc4c5ccccc5c5ccccc5c4c3c3ccc4ccccc4c32)nc2c(ccc3ccccc32)c1-c1ccccc1. The second-order valence-corrected chi connectivity index (χ2v) is 13.5. The molecule has 0 unspecified atom stereocenters. The van der Waals surface area contributed by atoms with Crippen LogP contribution in [0.4, 0.5) is 0 Å². The van der Waals surface area contributed by atoms with E-state index >= 15 is 0 Å². The summed E-state index contributed by atoms with van der Waals surface area (Å²) >= 11 is 0. The van der Waals surface area contributed by atoms with Gasteiger partial charge in [-0.05, 0) is 61.8 Å². The first-order chi connectivity index (χ1) is 24.8. The average molecular weight is 635 g/mol. The van der Waals surface area contributed by atoms with Crippen molar-refractivity contribution in [3.8, 4) is 16.9 Å². The van der Waals surface area contributed by atoms with Gasteiger partial charge >= 0.3 is 0 Å². The molecule has 0 fully saturated rings. The number of hydrogen-bond donors (Lipinski definition) is 0. The Bertz CT molecular complexity index is 3170. The number of hydrogen-bond acceptors (Lipinski definition) is 1. The second-order valence-electron chi connectivity index (χ2n) is 13.5. The zero-order chi connectivity index (χ0) is 32.9. The third-order valence-corrected chi connectivity index (χ3v) is 10.9. The average Bonchev–Trinajstić information content (AvgIpc) is 3.52. The van der Waals surface area contributed by atoms with E-state index in [1.54, 1.807) is 0 Å². The Morgan fingerprint density at radius 3 is 1.64 bits per heavy atom. The Morgan fingerprint density at radius 1 is 0.400 bits per heavy atom. The first kappa shape index (κ1) is 27.4. The molecule has 2 aromatic heterocycles. The summed E-state index contributed by atoms with van der Waals surface area (Å²) in [5.41, 5.74) is 6.96. The van der Waals surface area contributed by atoms with Crippen molar-refractivity contribution in [2.75, 3.05) is 0 Å². The summed E-state index contributed by atoms with van der Waals surface area (Å²) in [5, 5.41) is 16.2. The first-order valence-electron chi connectivity index (χ1n) is 17.3. The van der Waals surface area contributed by atoms with Crippen LogP contribution in [0.3, 0.4) is 0 Å². The number of rotatable bonds is 2. The van der Waals surface area contributed by atoms with Crippen LogP contribution in [0.25, 0.3) is 104 Å². The number of fused-ring (bicyclic) bond motifs is 15. The fourth-order valence-electron chi connectivity index (χ4n) is 8.76. The molecule has 0 aliphatic rings. The van der Waals surface area contributed by atoms with E-state index in [0.29, 0.717) is 0 Å². The summed E-state index contributed by atoms with van der Waals surface area (Å²) in [6.07, 6.45) is 0. The molecule has 0 atom stereocenters. The molecule has 232 valence electrons. The summed E-state index contributed by atoms with van der Waals surface area (Å²) in [7, 11) is 0. The fourth-order valence-corrected chi connectivity index (χ4v) is 8.76. The van der Waals surface area contributed by atoms with Crippen LogP contribution in [0.2, 0.25) is 0 Å². The van der Waals surface area contributed by atoms with Crippen LogP contribution in [0.5, 0.6) is 0 Å². The van der Waals surface area contributed by atoms with Crippen molar-refractivity contribution in [3.05, 3.63) is 169 Å². The molecule has 50 heavy (non-hydrogen) atoms. The van der Waals surface area contributed by atoms with Gasteiger partial charge in [0.05, 0.1) is 16.6 Å². The van der Waals surface area contributed by atoms with E-state index in [1.165, 1.54) is 86.8 Å². The smallest absolute Gasteiger partial charge is 0.141 e. The number of aromatic nitrogens is 2. The first-order valence-corrected chi connectivity index (χ1v) is 17.3. The third kappa shape index (κ3) is 3.65. The van der Waals surface area contributed by atoms with E-state index in [4.69, 9.17) is 4.98 Å². The normalized spacial score (nSPS) is 12.1. The number of nitrogens with zero attached hydrogens (tertiary/aromatic N) is 2. The van der Waals surface area contributed by atoms with E-state index in [1.807, 2.05) is 0 Å². The van der Waals surface area contributed by atoms with Gasteiger partial charge in [0.15, 0.2) is 0 Å². The van der Waals surface area contributed by atoms with Gasteiger partial charge in [-0.3, -0.25) is 4.57 Å². The van der Waals surface area contributed by atoms with Crippen LogP contribution in [0.1, 0.15) is 5.56 Å². The summed E-state index contributed by atoms with van der Waals surface area (Å²) in [4.78, 5) is 5.69. The summed E-state index contributed by atoms with van der Waals surface area (Å²) in [6, 6.07) is 59.8. The number of benzene rings is 9. The molecule has 0 saturated carbocycles. The highest BCUT2D eigenvalue weighted by molar-refractivity contribution is 6.36. The van der Waals surface area contributed by atoms with Gasteiger partial charge in [-0.25, -0.2) is 4.98 Å². The van der Waals surface area contributed by atoms with Gasteiger partial charge in [-0.15, -0.1) is 0 Å². The Hall–Kier alpha value is -6.51. The molecule has 0 amide bonds. The van der Waals surface area contributed by atoms with Gasteiger partial charge in [0.2, 0.25) is 0 Å². The third-order valence-electron chi connectivity index (χ3n) is 10.9. The molecule has 0 radical (unpaired) electrons. The lowest BCUT2D eigenvalue weighted by atomic mass is 9.91. The van der Waals surface area contributed by atoms with Crippen LogP contribution in [0.15, 0.2) is 164 Å². The Morgan fingerprint density at radius 2 is 0.920 bits per heavy atom. The lowest BCUT2D eigenvalue weighted by molar-refractivity contribution is 1.08. The molecule has 0 saturated heterocycles. The van der Waals surface area contributed by atoms with Crippen LogP contribution in [-0.4, -0.2) is 9.55 Å². The molecule has 0 aliphatic heterocycles. The van der Waals surface area contributed by atoms with Crippen molar-refractivity contribution in [2.24, 2.45) is 0 Å². The minimum atomic E-state index is 0.966. The standard InChI is InChI=1S/C48H30N2/c1-29-43(32-15-3-2-4-16-32)40-25-23-30-13-5-7-17-33(30)46(40)49-48(29)50-42-28-27-39-37-21-10-9-19-35(37)36-20-11-12-22-38(36)44(39)45(42)41-26-24-31-14-6-8-18-34(31)47(41)50/h2-28H,1H3. The maximum absolute atomic E-state index is 5.69. The Balaban J connectivity index is 1.41. The zero-order valence-electron chi connectivity index (χ0n) is 27.5. The zero-order valence-corrected chi connectivity index (χ0v) is 27.5. The predicted octanol–water partition coefficient (Wildman–Crippen LogP) is 13.1. The van der Waals surface area contributed by atoms with Gasteiger partial charge < -0.3 is 0 Å². The lowest BCUT2D eigenvalue weighted by Gasteiger charge is -2.19. The highest BCUT2D eigenvalue weighted by Gasteiger charge is 2.24. The van der Waals surface area contributed by atoms with Gasteiger partial charge in [0.1, 0.15) is 5.82 Å². The van der Waals surface area contributed by atoms with Crippen LogP contribution in [-0.2, 0) is 0 Å². The van der Waals surface area contributed by atoms with Crippen molar-refractivity contribution in [1.82, 2.24) is 9.55 Å². The highest BCUT2D eigenvalue weighted by Crippen LogP contribution is 2.46. The maximum Gasteiger partial charge on any atom is 0.141 e. The van der Waals surface area contributed by atoms with Crippen molar-refractivity contribution in [1.29, 1.82) is 0 Å². The molecular formula is C48H30N2. The van der Waals surface area contributed by atoms with E-state index in [9.17, 15) is 0 Å². The fraction of sp³-hybridized carbons (Fsp3) is 0.0208. The molecule has 11 rings (SSSR count). The van der Waals surface area contributed by atoms with Crippen molar-refractivity contribution < 1.29 is 0 Å². The van der Waals surface area contributed by atoms with E-state index in [-0.39, 0.29) is 0 Å². The Kier molecular flexibility index (Phi) is 5.62. The van der Waals surface area contributed by atoms with Crippen molar-refractivity contribution in [2.45, 2.75) is 6.92 Å². The topological polar surface area (TPSA) is 17.8 Å². The molecule has 2 heterocycles. The summed E-state index contributed by atoms with van der Waals surface area (Å²) in [5.74, 6) is 0.966. The van der Waals surface area contributed by atoms with Crippen molar-refractivity contribution >= 4 is 86.6 Å². The monoisotopic (exact) mass is 634 g/mol. The molecule has 0 aliphatic carbocycles. The molecule has 2 heteroatoms. The minimum absolute atomic E-state index is 0.966. The van der Waals surface area contributed by atoms with Crippen molar-refractivity contribution in [3.63, 3.8) is 0 Å². The van der Waals surface area contributed by atoms with Crippen LogP contribution < -0.4 is 0 Å². The molecule has 0 N–H and O–H groups in total. The molecule has 0 spiro atoms. The predicted molar refractivity (Wildman–Crippen MR) is 214 cm³/mol. The maximum atomic E-state index is 5.69. The van der Waals surface area contributed by atoms with Crippen LogP contribution >= 0.6 is 0 Å². The second kappa shape index (κ2) is 10.2. The van der Waals surface area contributed by atoms with E-state index in [2.05, 4.69) is 175 Å². The summed E-state index contributed by atoms with van der Waals surface area (Å²) < 4.78 is 2.47. The quantitative estimate of drug-likeness (QED) is 0.173. The highest BCUT2D eigenvalue weighted by atomic mass is 15.1. The van der Waals surface area contributed by atoms with Gasteiger partial charge in [0, 0.05) is 37.9 Å². The van der Waals surface area contributed by atoms with E-state index < -0.39 is 0 Å². The van der Waals surface area contributed by atoms with Gasteiger partial charge in [0.25, 0.3) is 0 Å². The molecule has 9 aromatic carbocycles. The van der Waals surface area contributed by atoms with Gasteiger partial charge in [-0.2, -0.15) is 0 Å². The van der Waals surface area contributed by atoms with Crippen LogP contribution in [0, 0.1) is 6.92 Å². The van der Waals surface area contributed by atoms with E-state index in [0.717, 1.165) is 22.3 Å². The molecule has 0 bridgehead atoms. The summed E-state index contributed by atoms with van der Waals surface area (Å²) in [6.45, 7) is 2.26. The Labute approximate surface area is 288 Å². The lowest BCUT2D eigenvalue weighted by Crippen LogP contribution is -2.04. The molecule has 2 nitrogen and oxygen atoms in total. The minimum Gasteiger partial charge on any atom is -0.293 e. The molecular weight excluding hydrogens is 605 g/mol.